The third kappa shape index (κ3) is 3.43. The molecule has 0 aromatic carbocycles. The van der Waals surface area contributed by atoms with Crippen LogP contribution in [0.5, 0.6) is 0 Å². The lowest BCUT2D eigenvalue weighted by Gasteiger charge is -2.12. The summed E-state index contributed by atoms with van der Waals surface area (Å²) >= 11 is 0. The predicted octanol–water partition coefficient (Wildman–Crippen LogP) is 1.32. The molecule has 0 aliphatic heterocycles. The van der Waals surface area contributed by atoms with Crippen LogP contribution in [-0.4, -0.2) is 24.5 Å². The van der Waals surface area contributed by atoms with Crippen molar-refractivity contribution in [2.45, 2.75) is 20.0 Å². The summed E-state index contributed by atoms with van der Waals surface area (Å²) in [7, 11) is 0. The molecule has 0 spiro atoms. The number of hydrogen-bond donors (Lipinski definition) is 0. The standard InChI is InChI=1S/C7H9F3O3/c1-3-13-6(12)5(11)4(2)7(8,9)10/h4H,3H2,1-2H3/t4-/m0/s1. The van der Waals surface area contributed by atoms with E-state index in [1.165, 1.54) is 6.92 Å². The van der Waals surface area contributed by atoms with E-state index in [4.69, 9.17) is 0 Å². The van der Waals surface area contributed by atoms with Gasteiger partial charge in [-0.1, -0.05) is 0 Å². The van der Waals surface area contributed by atoms with Crippen LogP contribution in [0.25, 0.3) is 0 Å². The highest BCUT2D eigenvalue weighted by Gasteiger charge is 2.44. The molecule has 0 aromatic rings. The Morgan fingerprint density at radius 1 is 1.38 bits per heavy atom. The molecular formula is C7H9F3O3. The van der Waals surface area contributed by atoms with Crippen LogP contribution in [0.15, 0.2) is 0 Å². The lowest BCUT2D eigenvalue weighted by Crippen LogP contribution is -2.34. The zero-order chi connectivity index (χ0) is 10.6. The van der Waals surface area contributed by atoms with Gasteiger partial charge in [0.05, 0.1) is 6.61 Å². The van der Waals surface area contributed by atoms with Crippen molar-refractivity contribution < 1.29 is 27.5 Å². The van der Waals surface area contributed by atoms with Crippen LogP contribution < -0.4 is 0 Å². The van der Waals surface area contributed by atoms with Gasteiger partial charge in [-0.2, -0.15) is 13.2 Å². The Balaban J connectivity index is 4.35. The molecule has 0 aliphatic carbocycles. The molecule has 0 heterocycles. The maximum atomic E-state index is 11.9. The van der Waals surface area contributed by atoms with Crippen LogP contribution in [0.2, 0.25) is 0 Å². The first-order chi connectivity index (χ1) is 5.80. The van der Waals surface area contributed by atoms with Gasteiger partial charge in [-0.25, -0.2) is 4.79 Å². The molecule has 0 fully saturated rings. The summed E-state index contributed by atoms with van der Waals surface area (Å²) in [6.07, 6.45) is -4.69. The van der Waals surface area contributed by atoms with Crippen molar-refractivity contribution in [1.29, 1.82) is 0 Å². The van der Waals surface area contributed by atoms with Crippen molar-refractivity contribution in [2.24, 2.45) is 5.92 Å². The number of ether oxygens (including phenoxy) is 1. The van der Waals surface area contributed by atoms with E-state index in [-0.39, 0.29) is 6.61 Å². The Kier molecular flexibility index (Phi) is 3.90. The zero-order valence-electron chi connectivity index (χ0n) is 7.14. The molecule has 0 saturated heterocycles. The first-order valence-electron chi connectivity index (χ1n) is 3.58. The highest BCUT2D eigenvalue weighted by molar-refractivity contribution is 6.34. The van der Waals surface area contributed by atoms with Crippen LogP contribution in [0.1, 0.15) is 13.8 Å². The van der Waals surface area contributed by atoms with Crippen LogP contribution in [0.4, 0.5) is 13.2 Å². The minimum absolute atomic E-state index is 0.116. The number of ketones is 1. The van der Waals surface area contributed by atoms with Crippen molar-refractivity contribution in [3.8, 4) is 0 Å². The van der Waals surface area contributed by atoms with Gasteiger partial charge in [0.1, 0.15) is 5.92 Å². The van der Waals surface area contributed by atoms with Gasteiger partial charge in [-0.15, -0.1) is 0 Å². The second-order valence-electron chi connectivity index (χ2n) is 2.35. The van der Waals surface area contributed by atoms with Gasteiger partial charge in [0.15, 0.2) is 0 Å². The van der Waals surface area contributed by atoms with Gasteiger partial charge in [0, 0.05) is 0 Å². The second kappa shape index (κ2) is 4.25. The number of rotatable bonds is 3. The molecule has 0 radical (unpaired) electrons. The molecule has 0 amide bonds. The van der Waals surface area contributed by atoms with Gasteiger partial charge >= 0.3 is 12.1 Å². The number of carbonyl (C=O) groups is 2. The largest absolute Gasteiger partial charge is 0.460 e. The SMILES string of the molecule is CCOC(=O)C(=O)[C@H](C)C(F)(F)F. The number of halogens is 3. The quantitative estimate of drug-likeness (QED) is 0.507. The molecular weight excluding hydrogens is 189 g/mol. The third-order valence-corrected chi connectivity index (χ3v) is 1.36. The van der Waals surface area contributed by atoms with Gasteiger partial charge < -0.3 is 4.74 Å². The Hall–Kier alpha value is -1.07. The highest BCUT2D eigenvalue weighted by Crippen LogP contribution is 2.26. The Labute approximate surface area is 72.9 Å². The highest BCUT2D eigenvalue weighted by atomic mass is 19.4. The number of alkyl halides is 3. The molecule has 0 rings (SSSR count). The van der Waals surface area contributed by atoms with Crippen LogP contribution in [-0.2, 0) is 14.3 Å². The van der Waals surface area contributed by atoms with E-state index in [0.717, 1.165) is 0 Å². The summed E-state index contributed by atoms with van der Waals surface area (Å²) in [5.74, 6) is -5.30. The van der Waals surface area contributed by atoms with E-state index in [1.807, 2.05) is 0 Å². The maximum Gasteiger partial charge on any atom is 0.398 e. The minimum Gasteiger partial charge on any atom is -0.460 e. The average molecular weight is 198 g/mol. The fourth-order valence-electron chi connectivity index (χ4n) is 0.528. The summed E-state index contributed by atoms with van der Waals surface area (Å²) < 4.78 is 39.7. The van der Waals surface area contributed by atoms with E-state index in [0.29, 0.717) is 6.92 Å². The lowest BCUT2D eigenvalue weighted by atomic mass is 10.1. The molecule has 13 heavy (non-hydrogen) atoms. The van der Waals surface area contributed by atoms with Gasteiger partial charge in [-0.3, -0.25) is 4.79 Å². The van der Waals surface area contributed by atoms with Crippen molar-refractivity contribution in [1.82, 2.24) is 0 Å². The summed E-state index contributed by atoms with van der Waals surface area (Å²) in [6.45, 7) is 1.91. The summed E-state index contributed by atoms with van der Waals surface area (Å²) in [5, 5.41) is 0. The number of esters is 1. The Bertz CT molecular complexity index is 210. The molecule has 1 atom stereocenters. The smallest absolute Gasteiger partial charge is 0.398 e. The first-order valence-corrected chi connectivity index (χ1v) is 3.58. The molecule has 0 N–H and O–H groups in total. The van der Waals surface area contributed by atoms with Gasteiger partial charge in [-0.05, 0) is 13.8 Å². The van der Waals surface area contributed by atoms with E-state index >= 15 is 0 Å². The van der Waals surface area contributed by atoms with Gasteiger partial charge in [0.25, 0.3) is 5.78 Å². The van der Waals surface area contributed by atoms with E-state index < -0.39 is 23.8 Å². The predicted molar refractivity (Wildman–Crippen MR) is 36.9 cm³/mol. The number of Topliss-reactive ketones (excluding diaryl/α,β-unsaturated/α-hetero) is 1. The molecule has 76 valence electrons. The van der Waals surface area contributed by atoms with Crippen molar-refractivity contribution in [3.05, 3.63) is 0 Å². The zero-order valence-corrected chi connectivity index (χ0v) is 7.14. The van der Waals surface area contributed by atoms with Crippen LogP contribution >= 0.6 is 0 Å². The first kappa shape index (κ1) is 11.9. The number of hydrogen-bond acceptors (Lipinski definition) is 3. The molecule has 0 saturated carbocycles. The molecule has 6 heteroatoms. The molecule has 3 nitrogen and oxygen atoms in total. The van der Waals surface area contributed by atoms with Gasteiger partial charge in [0.2, 0.25) is 0 Å². The molecule has 0 unspecified atom stereocenters. The molecule has 0 bridgehead atoms. The fourth-order valence-corrected chi connectivity index (χ4v) is 0.528. The lowest BCUT2D eigenvalue weighted by molar-refractivity contribution is -0.184. The van der Waals surface area contributed by atoms with Crippen molar-refractivity contribution in [3.63, 3.8) is 0 Å². The molecule has 0 aliphatic rings. The summed E-state index contributed by atoms with van der Waals surface area (Å²) in [6, 6.07) is 0. The van der Waals surface area contributed by atoms with Crippen molar-refractivity contribution >= 4 is 11.8 Å². The Morgan fingerprint density at radius 2 is 1.85 bits per heavy atom. The molecule has 0 aromatic heterocycles. The van der Waals surface area contributed by atoms with E-state index in [2.05, 4.69) is 4.74 Å². The summed E-state index contributed by atoms with van der Waals surface area (Å²) in [4.78, 5) is 21.2. The van der Waals surface area contributed by atoms with E-state index in [9.17, 15) is 22.8 Å². The minimum atomic E-state index is -4.69. The fraction of sp³-hybridized carbons (Fsp3) is 0.714. The van der Waals surface area contributed by atoms with Crippen molar-refractivity contribution in [2.75, 3.05) is 6.61 Å². The topological polar surface area (TPSA) is 43.4 Å². The third-order valence-electron chi connectivity index (χ3n) is 1.36. The summed E-state index contributed by atoms with van der Waals surface area (Å²) in [5.41, 5.74) is 0. The maximum absolute atomic E-state index is 11.9. The normalized spacial score (nSPS) is 13.6. The monoisotopic (exact) mass is 198 g/mol. The Morgan fingerprint density at radius 3 is 2.15 bits per heavy atom. The average Bonchev–Trinajstić information content (AvgIpc) is 2.00. The van der Waals surface area contributed by atoms with Crippen LogP contribution in [0.3, 0.4) is 0 Å². The van der Waals surface area contributed by atoms with E-state index in [1.54, 1.807) is 0 Å². The second-order valence-corrected chi connectivity index (χ2v) is 2.35. The number of carbonyl (C=O) groups excluding carboxylic acids is 2. The van der Waals surface area contributed by atoms with Crippen LogP contribution in [0, 0.1) is 5.92 Å².